The van der Waals surface area contributed by atoms with Gasteiger partial charge in [-0.3, -0.25) is 14.8 Å². The number of sulfonamides is 1. The standard InChI is InChI=1S/C14H22N4O4S/c1-11-13(16-6-5-15-11)4-3-12-10-22-8-7-18(12)14(19)9-17-23(2,20)21/h5-6,12,17H,3-4,7-10H2,1-2H3/t12-/m1/s1. The van der Waals surface area contributed by atoms with Crippen LogP contribution in [0.3, 0.4) is 0 Å². The van der Waals surface area contributed by atoms with E-state index in [0.29, 0.717) is 32.6 Å². The molecule has 1 aliphatic rings. The molecule has 128 valence electrons. The highest BCUT2D eigenvalue weighted by molar-refractivity contribution is 7.88. The van der Waals surface area contributed by atoms with E-state index in [-0.39, 0.29) is 18.5 Å². The molecule has 1 N–H and O–H groups in total. The molecule has 1 saturated heterocycles. The number of carbonyl (C=O) groups excluding carboxylic acids is 1. The average molecular weight is 342 g/mol. The number of nitrogens with zero attached hydrogens (tertiary/aromatic N) is 3. The predicted molar refractivity (Wildman–Crippen MR) is 84.3 cm³/mol. The molecule has 23 heavy (non-hydrogen) atoms. The van der Waals surface area contributed by atoms with E-state index in [9.17, 15) is 13.2 Å². The molecule has 1 amide bonds. The van der Waals surface area contributed by atoms with Crippen molar-refractivity contribution in [2.75, 3.05) is 32.6 Å². The maximum absolute atomic E-state index is 12.2. The number of amides is 1. The van der Waals surface area contributed by atoms with Gasteiger partial charge < -0.3 is 9.64 Å². The van der Waals surface area contributed by atoms with Crippen LogP contribution in [0.1, 0.15) is 17.8 Å². The van der Waals surface area contributed by atoms with Gasteiger partial charge in [0.25, 0.3) is 0 Å². The van der Waals surface area contributed by atoms with Crippen molar-refractivity contribution < 1.29 is 17.9 Å². The van der Waals surface area contributed by atoms with Gasteiger partial charge in [0.1, 0.15) is 0 Å². The molecule has 8 nitrogen and oxygen atoms in total. The number of ether oxygens (including phenoxy) is 1. The summed E-state index contributed by atoms with van der Waals surface area (Å²) in [5.74, 6) is -0.236. The lowest BCUT2D eigenvalue weighted by atomic mass is 10.1. The normalized spacial score (nSPS) is 18.9. The Kier molecular flexibility index (Phi) is 6.03. The van der Waals surface area contributed by atoms with Gasteiger partial charge >= 0.3 is 0 Å². The van der Waals surface area contributed by atoms with Crippen molar-refractivity contribution in [3.63, 3.8) is 0 Å². The lowest BCUT2D eigenvalue weighted by molar-refractivity contribution is -0.138. The summed E-state index contributed by atoms with van der Waals surface area (Å²) < 4.78 is 30.0. The van der Waals surface area contributed by atoms with Crippen molar-refractivity contribution in [2.45, 2.75) is 25.8 Å². The first-order chi connectivity index (χ1) is 10.9. The van der Waals surface area contributed by atoms with E-state index in [1.54, 1.807) is 17.3 Å². The summed E-state index contributed by atoms with van der Waals surface area (Å²) in [4.78, 5) is 22.4. The molecule has 0 radical (unpaired) electrons. The van der Waals surface area contributed by atoms with Crippen LogP contribution in [0.5, 0.6) is 0 Å². The predicted octanol–water partition coefficient (Wildman–Crippen LogP) is -0.506. The van der Waals surface area contributed by atoms with E-state index in [1.165, 1.54) is 0 Å². The molecule has 1 aromatic heterocycles. The fraction of sp³-hybridized carbons (Fsp3) is 0.643. The Bertz CT molecular complexity index is 650. The summed E-state index contributed by atoms with van der Waals surface area (Å²) in [7, 11) is -3.38. The topological polar surface area (TPSA) is 101 Å². The third-order valence-corrected chi connectivity index (χ3v) is 4.40. The molecule has 1 aromatic rings. The van der Waals surface area contributed by atoms with Crippen molar-refractivity contribution >= 4 is 15.9 Å². The number of carbonyl (C=O) groups is 1. The van der Waals surface area contributed by atoms with Crippen LogP contribution in [0, 0.1) is 6.92 Å². The van der Waals surface area contributed by atoms with E-state index >= 15 is 0 Å². The van der Waals surface area contributed by atoms with Crippen LogP contribution in [-0.4, -0.2) is 67.8 Å². The van der Waals surface area contributed by atoms with Gasteiger partial charge in [-0.25, -0.2) is 13.1 Å². The molecule has 0 bridgehead atoms. The molecule has 9 heteroatoms. The van der Waals surface area contributed by atoms with Crippen LogP contribution in [0.2, 0.25) is 0 Å². The van der Waals surface area contributed by atoms with Crippen molar-refractivity contribution in [1.29, 1.82) is 0 Å². The molecular weight excluding hydrogens is 320 g/mol. The molecule has 2 rings (SSSR count). The third-order valence-electron chi connectivity index (χ3n) is 3.73. The van der Waals surface area contributed by atoms with Gasteiger partial charge in [0.2, 0.25) is 15.9 Å². The summed E-state index contributed by atoms with van der Waals surface area (Å²) in [5.41, 5.74) is 1.78. The maximum atomic E-state index is 12.2. The SMILES string of the molecule is Cc1nccnc1CC[C@@H]1COCCN1C(=O)CNS(C)(=O)=O. The number of rotatable bonds is 6. The van der Waals surface area contributed by atoms with Crippen LogP contribution >= 0.6 is 0 Å². The van der Waals surface area contributed by atoms with Gasteiger partial charge in [0.05, 0.1) is 43.4 Å². The zero-order valence-electron chi connectivity index (χ0n) is 13.4. The molecule has 0 spiro atoms. The molecule has 2 heterocycles. The fourth-order valence-electron chi connectivity index (χ4n) is 2.50. The highest BCUT2D eigenvalue weighted by atomic mass is 32.2. The second kappa shape index (κ2) is 7.80. The molecule has 0 unspecified atom stereocenters. The zero-order valence-corrected chi connectivity index (χ0v) is 14.2. The number of hydrogen-bond donors (Lipinski definition) is 1. The summed E-state index contributed by atoms with van der Waals surface area (Å²) in [5, 5.41) is 0. The van der Waals surface area contributed by atoms with Gasteiger partial charge in [0.15, 0.2) is 0 Å². The van der Waals surface area contributed by atoms with E-state index in [0.717, 1.165) is 17.6 Å². The molecular formula is C14H22N4O4S. The summed E-state index contributed by atoms with van der Waals surface area (Å²) in [6, 6.07) is -0.0842. The first-order valence-electron chi connectivity index (χ1n) is 7.45. The van der Waals surface area contributed by atoms with Gasteiger partial charge in [-0.2, -0.15) is 0 Å². The first kappa shape index (κ1) is 17.8. The van der Waals surface area contributed by atoms with E-state index < -0.39 is 10.0 Å². The second-order valence-corrected chi connectivity index (χ2v) is 7.37. The minimum atomic E-state index is -3.38. The molecule has 0 aromatic carbocycles. The molecule has 1 atom stereocenters. The Morgan fingerprint density at radius 1 is 1.43 bits per heavy atom. The van der Waals surface area contributed by atoms with E-state index in [1.807, 2.05) is 6.92 Å². The van der Waals surface area contributed by atoms with Gasteiger partial charge in [0, 0.05) is 18.9 Å². The largest absolute Gasteiger partial charge is 0.377 e. The highest BCUT2D eigenvalue weighted by Crippen LogP contribution is 2.14. The smallest absolute Gasteiger partial charge is 0.238 e. The Balaban J connectivity index is 1.95. The Hall–Kier alpha value is -1.58. The highest BCUT2D eigenvalue weighted by Gasteiger charge is 2.27. The van der Waals surface area contributed by atoms with Crippen LogP contribution < -0.4 is 4.72 Å². The van der Waals surface area contributed by atoms with Crippen LogP contribution in [0.15, 0.2) is 12.4 Å². The number of aromatic nitrogens is 2. The zero-order chi connectivity index (χ0) is 16.9. The monoisotopic (exact) mass is 342 g/mol. The molecule has 1 aliphatic heterocycles. The summed E-state index contributed by atoms with van der Waals surface area (Å²) in [6.07, 6.45) is 5.73. The first-order valence-corrected chi connectivity index (χ1v) is 9.34. The second-order valence-electron chi connectivity index (χ2n) is 5.54. The molecule has 0 aliphatic carbocycles. The van der Waals surface area contributed by atoms with Crippen LogP contribution in [0.4, 0.5) is 0 Å². The van der Waals surface area contributed by atoms with E-state index in [4.69, 9.17) is 4.74 Å². The number of aryl methyl sites for hydroxylation is 2. The van der Waals surface area contributed by atoms with Gasteiger partial charge in [-0.15, -0.1) is 0 Å². The molecule has 1 fully saturated rings. The number of hydrogen-bond acceptors (Lipinski definition) is 6. The Morgan fingerprint density at radius 3 is 2.87 bits per heavy atom. The van der Waals surface area contributed by atoms with Crippen molar-refractivity contribution in [3.8, 4) is 0 Å². The molecule has 0 saturated carbocycles. The fourth-order valence-corrected chi connectivity index (χ4v) is 2.89. The maximum Gasteiger partial charge on any atom is 0.238 e. The average Bonchev–Trinajstić information content (AvgIpc) is 2.51. The van der Waals surface area contributed by atoms with Crippen molar-refractivity contribution in [2.24, 2.45) is 0 Å². The number of morpholine rings is 1. The van der Waals surface area contributed by atoms with E-state index in [2.05, 4.69) is 14.7 Å². The summed E-state index contributed by atoms with van der Waals surface area (Å²) in [6.45, 7) is 3.06. The van der Waals surface area contributed by atoms with Crippen LogP contribution in [-0.2, 0) is 26.0 Å². The van der Waals surface area contributed by atoms with Gasteiger partial charge in [-0.1, -0.05) is 0 Å². The minimum Gasteiger partial charge on any atom is -0.377 e. The quantitative estimate of drug-likeness (QED) is 0.747. The van der Waals surface area contributed by atoms with Gasteiger partial charge in [-0.05, 0) is 19.8 Å². The third kappa shape index (κ3) is 5.52. The van der Waals surface area contributed by atoms with Crippen molar-refractivity contribution in [3.05, 3.63) is 23.8 Å². The Labute approximate surface area is 136 Å². The number of nitrogens with one attached hydrogen (secondary N) is 1. The summed E-state index contributed by atoms with van der Waals surface area (Å²) >= 11 is 0. The Morgan fingerprint density at radius 2 is 2.17 bits per heavy atom. The van der Waals surface area contributed by atoms with Crippen molar-refractivity contribution in [1.82, 2.24) is 19.6 Å². The lowest BCUT2D eigenvalue weighted by Crippen LogP contribution is -2.51. The minimum absolute atomic E-state index is 0.0842. The van der Waals surface area contributed by atoms with Crippen LogP contribution in [0.25, 0.3) is 0 Å². The lowest BCUT2D eigenvalue weighted by Gasteiger charge is -2.35.